The van der Waals surface area contributed by atoms with Crippen molar-refractivity contribution in [1.29, 1.82) is 0 Å². The Kier molecular flexibility index (Phi) is 4.91. The third-order valence-electron chi connectivity index (χ3n) is 4.46. The van der Waals surface area contributed by atoms with Gasteiger partial charge < -0.3 is 19.9 Å². The highest BCUT2D eigenvalue weighted by Gasteiger charge is 2.26. The van der Waals surface area contributed by atoms with Crippen LogP contribution in [-0.2, 0) is 4.74 Å². The molecule has 0 aromatic carbocycles. The maximum absolute atomic E-state index is 12.2. The lowest BCUT2D eigenvalue weighted by Crippen LogP contribution is -2.50. The van der Waals surface area contributed by atoms with Crippen LogP contribution in [0.5, 0.6) is 0 Å². The quantitative estimate of drug-likeness (QED) is 0.720. The zero-order valence-corrected chi connectivity index (χ0v) is 16.7. The molecule has 152 valence electrons. The van der Waals surface area contributed by atoms with Crippen LogP contribution in [0, 0.1) is 0 Å². The molecule has 1 saturated heterocycles. The number of amides is 1. The normalized spacial score (nSPS) is 14.9. The Labute approximate surface area is 168 Å². The molecule has 0 unspecified atom stereocenters. The van der Waals surface area contributed by atoms with Crippen LogP contribution in [0.1, 0.15) is 20.8 Å². The van der Waals surface area contributed by atoms with Gasteiger partial charge in [-0.05, 0) is 39.0 Å². The maximum Gasteiger partial charge on any atom is 0.410 e. The van der Waals surface area contributed by atoms with E-state index in [0.29, 0.717) is 30.4 Å². The Morgan fingerprint density at radius 3 is 2.66 bits per heavy atom. The van der Waals surface area contributed by atoms with Crippen LogP contribution in [-0.4, -0.2) is 67.6 Å². The lowest BCUT2D eigenvalue weighted by Gasteiger charge is -2.36. The summed E-state index contributed by atoms with van der Waals surface area (Å²) in [7, 11) is 0. The highest BCUT2D eigenvalue weighted by atomic mass is 16.6. The molecule has 3 aromatic heterocycles. The smallest absolute Gasteiger partial charge is 0.410 e. The Morgan fingerprint density at radius 2 is 1.90 bits per heavy atom. The molecular weight excluding hydrogens is 372 g/mol. The predicted molar refractivity (Wildman–Crippen MR) is 108 cm³/mol. The van der Waals surface area contributed by atoms with Crippen LogP contribution >= 0.6 is 0 Å². The Hall–Kier alpha value is -3.43. The summed E-state index contributed by atoms with van der Waals surface area (Å²) in [6.07, 6.45) is 3.05. The Balaban J connectivity index is 1.39. The van der Waals surface area contributed by atoms with Gasteiger partial charge in [-0.15, -0.1) is 15.3 Å². The molecule has 1 fully saturated rings. The molecule has 1 aliphatic heterocycles. The van der Waals surface area contributed by atoms with Gasteiger partial charge in [-0.2, -0.15) is 4.52 Å². The number of fused-ring (bicyclic) bond motifs is 1. The van der Waals surface area contributed by atoms with E-state index in [4.69, 9.17) is 4.74 Å². The van der Waals surface area contributed by atoms with Crippen molar-refractivity contribution in [3.8, 4) is 0 Å². The van der Waals surface area contributed by atoms with Gasteiger partial charge in [0.1, 0.15) is 17.7 Å². The second kappa shape index (κ2) is 7.53. The molecular formula is C19H24N8O2. The molecule has 0 bridgehead atoms. The second-order valence-electron chi connectivity index (χ2n) is 7.83. The Bertz CT molecular complexity index is 1000. The molecule has 1 aliphatic rings. The van der Waals surface area contributed by atoms with Gasteiger partial charge in [-0.3, -0.25) is 0 Å². The average Bonchev–Trinajstić information content (AvgIpc) is 3.15. The van der Waals surface area contributed by atoms with Crippen LogP contribution < -0.4 is 10.2 Å². The molecule has 0 saturated carbocycles. The minimum Gasteiger partial charge on any atom is -0.444 e. The van der Waals surface area contributed by atoms with Crippen molar-refractivity contribution in [2.45, 2.75) is 26.4 Å². The first-order chi connectivity index (χ1) is 13.9. The molecule has 3 aromatic rings. The van der Waals surface area contributed by atoms with Crippen LogP contribution in [0.25, 0.3) is 5.65 Å². The molecule has 0 radical (unpaired) electrons. The molecule has 29 heavy (non-hydrogen) atoms. The van der Waals surface area contributed by atoms with E-state index in [1.54, 1.807) is 21.9 Å². The maximum atomic E-state index is 12.2. The van der Waals surface area contributed by atoms with Gasteiger partial charge in [0, 0.05) is 44.1 Å². The second-order valence-corrected chi connectivity index (χ2v) is 7.83. The first-order valence-corrected chi connectivity index (χ1v) is 9.50. The summed E-state index contributed by atoms with van der Waals surface area (Å²) in [5.41, 5.74) is 1.24. The van der Waals surface area contributed by atoms with Gasteiger partial charge in [-0.1, -0.05) is 0 Å². The monoisotopic (exact) mass is 396 g/mol. The van der Waals surface area contributed by atoms with Gasteiger partial charge in [0.25, 0.3) is 0 Å². The van der Waals surface area contributed by atoms with Crippen LogP contribution in [0.4, 0.5) is 22.1 Å². The lowest BCUT2D eigenvalue weighted by atomic mass is 10.2. The molecule has 10 heteroatoms. The first kappa shape index (κ1) is 18.9. The summed E-state index contributed by atoms with van der Waals surface area (Å²) in [5, 5.41) is 15.4. The van der Waals surface area contributed by atoms with Crippen molar-refractivity contribution in [3.05, 3.63) is 36.8 Å². The van der Waals surface area contributed by atoms with E-state index in [0.717, 1.165) is 18.8 Å². The van der Waals surface area contributed by atoms with Crippen molar-refractivity contribution in [2.24, 2.45) is 0 Å². The number of aromatic nitrogens is 5. The van der Waals surface area contributed by atoms with E-state index >= 15 is 0 Å². The van der Waals surface area contributed by atoms with E-state index in [1.807, 2.05) is 45.0 Å². The van der Waals surface area contributed by atoms with Gasteiger partial charge >= 0.3 is 6.09 Å². The fraction of sp³-hybridized carbons (Fsp3) is 0.421. The van der Waals surface area contributed by atoms with E-state index in [2.05, 4.69) is 30.5 Å². The van der Waals surface area contributed by atoms with Crippen molar-refractivity contribution >= 4 is 29.1 Å². The lowest BCUT2D eigenvalue weighted by molar-refractivity contribution is 0.0240. The SMILES string of the molecule is CC(C)(C)OC(=O)N1CCN(c2ccnc(Nc3ccc4nncn4n3)c2)CC1. The number of carbonyl (C=O) groups is 1. The van der Waals surface area contributed by atoms with Crippen molar-refractivity contribution in [2.75, 3.05) is 36.4 Å². The number of anilines is 3. The summed E-state index contributed by atoms with van der Waals surface area (Å²) in [6, 6.07) is 7.60. The van der Waals surface area contributed by atoms with Crippen molar-refractivity contribution < 1.29 is 9.53 Å². The molecule has 1 N–H and O–H groups in total. The minimum absolute atomic E-state index is 0.260. The molecule has 4 heterocycles. The fourth-order valence-corrected chi connectivity index (χ4v) is 3.08. The molecule has 4 rings (SSSR count). The molecule has 1 amide bonds. The summed E-state index contributed by atoms with van der Waals surface area (Å²) < 4.78 is 7.06. The zero-order chi connectivity index (χ0) is 20.4. The number of rotatable bonds is 3. The van der Waals surface area contributed by atoms with E-state index in [-0.39, 0.29) is 6.09 Å². The summed E-state index contributed by atoms with van der Waals surface area (Å²) in [6.45, 7) is 8.33. The van der Waals surface area contributed by atoms with E-state index < -0.39 is 5.60 Å². The number of nitrogens with one attached hydrogen (secondary N) is 1. The van der Waals surface area contributed by atoms with E-state index in [1.165, 1.54) is 0 Å². The van der Waals surface area contributed by atoms with Crippen molar-refractivity contribution in [3.63, 3.8) is 0 Å². The number of hydrogen-bond donors (Lipinski definition) is 1. The summed E-state index contributed by atoms with van der Waals surface area (Å²) >= 11 is 0. The van der Waals surface area contributed by atoms with Crippen molar-refractivity contribution in [1.82, 2.24) is 29.7 Å². The standard InChI is InChI=1S/C19H24N8O2/c1-19(2,3)29-18(28)26-10-8-25(9-11-26)14-6-7-20-16(12-14)22-15-4-5-17-23-21-13-27(17)24-15/h4-7,12-13H,8-11H2,1-3H3,(H,20,22,24). The highest BCUT2D eigenvalue weighted by molar-refractivity contribution is 5.69. The topological polar surface area (TPSA) is 101 Å². The van der Waals surface area contributed by atoms with Crippen LogP contribution in [0.2, 0.25) is 0 Å². The molecule has 0 spiro atoms. The highest BCUT2D eigenvalue weighted by Crippen LogP contribution is 2.22. The Morgan fingerprint density at radius 1 is 1.10 bits per heavy atom. The zero-order valence-electron chi connectivity index (χ0n) is 16.7. The minimum atomic E-state index is -0.482. The van der Waals surface area contributed by atoms with Gasteiger partial charge in [0.05, 0.1) is 0 Å². The van der Waals surface area contributed by atoms with Gasteiger partial charge in [0.2, 0.25) is 0 Å². The third-order valence-corrected chi connectivity index (χ3v) is 4.46. The third kappa shape index (κ3) is 4.53. The number of carbonyl (C=O) groups excluding carboxylic acids is 1. The van der Waals surface area contributed by atoms with Crippen LogP contribution in [0.15, 0.2) is 36.8 Å². The molecule has 0 aliphatic carbocycles. The van der Waals surface area contributed by atoms with Crippen LogP contribution in [0.3, 0.4) is 0 Å². The number of pyridine rings is 1. The molecule has 0 atom stereocenters. The predicted octanol–water partition coefficient (Wildman–Crippen LogP) is 2.32. The summed E-state index contributed by atoms with van der Waals surface area (Å²) in [4.78, 5) is 20.6. The largest absolute Gasteiger partial charge is 0.444 e. The average molecular weight is 396 g/mol. The number of hydrogen-bond acceptors (Lipinski definition) is 8. The van der Waals surface area contributed by atoms with Gasteiger partial charge in [0.15, 0.2) is 11.5 Å². The number of piperazine rings is 1. The number of nitrogens with zero attached hydrogens (tertiary/aromatic N) is 7. The summed E-state index contributed by atoms with van der Waals surface area (Å²) in [5.74, 6) is 1.34. The number of ether oxygens (including phenoxy) is 1. The molecule has 10 nitrogen and oxygen atoms in total. The first-order valence-electron chi connectivity index (χ1n) is 9.50. The fourth-order valence-electron chi connectivity index (χ4n) is 3.08. The van der Waals surface area contributed by atoms with Gasteiger partial charge in [-0.25, -0.2) is 9.78 Å². The van der Waals surface area contributed by atoms with E-state index in [9.17, 15) is 4.79 Å².